The number of hydrogen-bond donors (Lipinski definition) is 3. The molecule has 0 aliphatic carbocycles. The number of morpholine rings is 1. The van der Waals surface area contributed by atoms with E-state index in [4.69, 9.17) is 4.74 Å². The summed E-state index contributed by atoms with van der Waals surface area (Å²) in [5.74, 6) is 0.605. The van der Waals surface area contributed by atoms with E-state index in [1.165, 1.54) is 6.07 Å². The highest BCUT2D eigenvalue weighted by atomic mass is 127. The van der Waals surface area contributed by atoms with Gasteiger partial charge in [-0.3, -0.25) is 4.90 Å². The highest BCUT2D eigenvalue weighted by Crippen LogP contribution is 2.21. The Kier molecular flexibility index (Phi) is 11.7. The molecule has 1 aliphatic rings. The third-order valence-corrected chi connectivity index (χ3v) is 4.25. The molecule has 166 valence electrons. The standard InChI is InChI=1S/C19H30F2N4O3.HI/c1-3-22-18(23-12-15-6-4-5-7-16(15)28-17(20)21)24-13-19(2,26)14-25-8-10-27-11-9-25;/h4-7,17,26H,3,8-14H2,1-2H3,(H2,22,23,24);1H. The Morgan fingerprint density at radius 2 is 2.00 bits per heavy atom. The summed E-state index contributed by atoms with van der Waals surface area (Å²) in [6, 6.07) is 6.57. The Morgan fingerprint density at radius 3 is 2.66 bits per heavy atom. The fourth-order valence-corrected chi connectivity index (χ4v) is 2.92. The summed E-state index contributed by atoms with van der Waals surface area (Å²) in [6.45, 7) is 5.38. The fraction of sp³-hybridized carbons (Fsp3) is 0.632. The average molecular weight is 528 g/mol. The van der Waals surface area contributed by atoms with Gasteiger partial charge in [0, 0.05) is 38.3 Å². The maximum absolute atomic E-state index is 12.5. The number of halogens is 3. The van der Waals surface area contributed by atoms with Gasteiger partial charge >= 0.3 is 6.61 Å². The molecule has 29 heavy (non-hydrogen) atoms. The van der Waals surface area contributed by atoms with E-state index in [1.54, 1.807) is 25.1 Å². The molecule has 0 amide bonds. The molecule has 1 heterocycles. The highest BCUT2D eigenvalue weighted by Gasteiger charge is 2.25. The van der Waals surface area contributed by atoms with E-state index in [-0.39, 0.29) is 36.3 Å². The van der Waals surface area contributed by atoms with Crippen molar-refractivity contribution in [1.82, 2.24) is 15.5 Å². The lowest BCUT2D eigenvalue weighted by molar-refractivity contribution is -0.0504. The molecule has 0 saturated carbocycles. The number of nitrogens with one attached hydrogen (secondary N) is 2. The van der Waals surface area contributed by atoms with Gasteiger partial charge in [-0.25, -0.2) is 4.99 Å². The van der Waals surface area contributed by atoms with Gasteiger partial charge in [0.15, 0.2) is 5.96 Å². The van der Waals surface area contributed by atoms with Crippen LogP contribution in [0.15, 0.2) is 29.3 Å². The second kappa shape index (κ2) is 13.1. The fourth-order valence-electron chi connectivity index (χ4n) is 2.92. The van der Waals surface area contributed by atoms with Gasteiger partial charge in [0.1, 0.15) is 5.75 Å². The number of β-amino-alcohol motifs (C(OH)–C–C–N with tert-alkyl or cyclic N) is 1. The molecule has 1 atom stereocenters. The predicted octanol–water partition coefficient (Wildman–Crippen LogP) is 2.04. The predicted molar refractivity (Wildman–Crippen MR) is 119 cm³/mol. The highest BCUT2D eigenvalue weighted by molar-refractivity contribution is 14.0. The molecule has 3 N–H and O–H groups in total. The Balaban J connectivity index is 0.00000420. The van der Waals surface area contributed by atoms with Gasteiger partial charge in [0.05, 0.1) is 25.4 Å². The molecule has 2 rings (SSSR count). The summed E-state index contributed by atoms with van der Waals surface area (Å²) >= 11 is 0. The molecule has 10 heteroatoms. The van der Waals surface area contributed by atoms with Crippen LogP contribution in [0.3, 0.4) is 0 Å². The van der Waals surface area contributed by atoms with Crippen molar-refractivity contribution in [3.8, 4) is 5.75 Å². The summed E-state index contributed by atoms with van der Waals surface area (Å²) in [6.07, 6.45) is 0. The number of rotatable bonds is 9. The molecule has 1 fully saturated rings. The Bertz CT molecular complexity index is 629. The number of ether oxygens (including phenoxy) is 2. The molecule has 7 nitrogen and oxygen atoms in total. The van der Waals surface area contributed by atoms with E-state index in [2.05, 4.69) is 25.3 Å². The zero-order valence-corrected chi connectivity index (χ0v) is 19.2. The van der Waals surface area contributed by atoms with Crippen molar-refractivity contribution >= 4 is 29.9 Å². The zero-order chi connectivity index (χ0) is 20.4. The average Bonchev–Trinajstić information content (AvgIpc) is 2.65. The van der Waals surface area contributed by atoms with E-state index in [0.29, 0.717) is 44.4 Å². The van der Waals surface area contributed by atoms with Crippen LogP contribution in [0.2, 0.25) is 0 Å². The van der Waals surface area contributed by atoms with Crippen molar-refractivity contribution in [3.63, 3.8) is 0 Å². The van der Waals surface area contributed by atoms with Crippen molar-refractivity contribution in [2.75, 3.05) is 45.9 Å². The Morgan fingerprint density at radius 1 is 1.31 bits per heavy atom. The molecule has 0 radical (unpaired) electrons. The van der Waals surface area contributed by atoms with Crippen LogP contribution in [-0.4, -0.2) is 74.1 Å². The quantitative estimate of drug-likeness (QED) is 0.259. The molecular weight excluding hydrogens is 497 g/mol. The van der Waals surface area contributed by atoms with Gasteiger partial charge in [0.2, 0.25) is 0 Å². The Labute approximate surface area is 187 Å². The number of hydrogen-bond acceptors (Lipinski definition) is 5. The van der Waals surface area contributed by atoms with Gasteiger partial charge in [-0.05, 0) is 19.9 Å². The second-order valence-corrected chi connectivity index (χ2v) is 6.92. The van der Waals surface area contributed by atoms with Crippen LogP contribution in [0.5, 0.6) is 5.75 Å². The first kappa shape index (κ1) is 25.8. The summed E-state index contributed by atoms with van der Waals surface area (Å²) in [7, 11) is 0. The minimum atomic E-state index is -2.88. The van der Waals surface area contributed by atoms with Crippen molar-refractivity contribution < 1.29 is 23.4 Å². The minimum Gasteiger partial charge on any atom is -0.434 e. The normalized spacial score (nSPS) is 17.4. The number of aliphatic hydroxyl groups is 1. The number of para-hydroxylation sites is 1. The third-order valence-electron chi connectivity index (χ3n) is 4.25. The molecule has 1 unspecified atom stereocenters. The summed E-state index contributed by atoms with van der Waals surface area (Å²) in [5, 5.41) is 16.9. The van der Waals surface area contributed by atoms with Gasteiger partial charge in [-0.15, -0.1) is 24.0 Å². The van der Waals surface area contributed by atoms with E-state index in [0.717, 1.165) is 13.1 Å². The largest absolute Gasteiger partial charge is 0.434 e. The summed E-state index contributed by atoms with van der Waals surface area (Å²) in [4.78, 5) is 6.59. The zero-order valence-electron chi connectivity index (χ0n) is 16.9. The molecule has 0 bridgehead atoms. The lowest BCUT2D eigenvalue weighted by Crippen LogP contribution is -2.52. The first-order valence-corrected chi connectivity index (χ1v) is 9.47. The van der Waals surface area contributed by atoms with E-state index >= 15 is 0 Å². The third kappa shape index (κ3) is 9.87. The molecule has 1 aromatic rings. The molecular formula is C19H31F2IN4O3. The number of guanidine groups is 1. The SMILES string of the molecule is CCNC(=NCc1ccccc1OC(F)F)NCC(C)(O)CN1CCOCC1.I. The first-order valence-electron chi connectivity index (χ1n) is 9.47. The number of alkyl halides is 2. The van der Waals surface area contributed by atoms with Crippen molar-refractivity contribution in [3.05, 3.63) is 29.8 Å². The van der Waals surface area contributed by atoms with Crippen molar-refractivity contribution in [1.29, 1.82) is 0 Å². The van der Waals surface area contributed by atoms with E-state index in [1.807, 2.05) is 6.92 Å². The molecule has 1 aromatic carbocycles. The van der Waals surface area contributed by atoms with E-state index < -0.39 is 12.2 Å². The molecule has 0 aromatic heterocycles. The summed E-state index contributed by atoms with van der Waals surface area (Å²) in [5.41, 5.74) is -0.399. The van der Waals surface area contributed by atoms with Crippen LogP contribution in [0.1, 0.15) is 19.4 Å². The van der Waals surface area contributed by atoms with Crippen LogP contribution in [0.25, 0.3) is 0 Å². The number of nitrogens with zero attached hydrogens (tertiary/aromatic N) is 2. The lowest BCUT2D eigenvalue weighted by atomic mass is 10.1. The monoisotopic (exact) mass is 528 g/mol. The second-order valence-electron chi connectivity index (χ2n) is 6.92. The van der Waals surface area contributed by atoms with Gasteiger partial charge in [-0.2, -0.15) is 8.78 Å². The van der Waals surface area contributed by atoms with Gasteiger partial charge in [0.25, 0.3) is 0 Å². The van der Waals surface area contributed by atoms with Crippen molar-refractivity contribution in [2.45, 2.75) is 32.6 Å². The van der Waals surface area contributed by atoms with E-state index in [9.17, 15) is 13.9 Å². The van der Waals surface area contributed by atoms with Crippen LogP contribution < -0.4 is 15.4 Å². The van der Waals surface area contributed by atoms with Crippen LogP contribution >= 0.6 is 24.0 Å². The van der Waals surface area contributed by atoms with Gasteiger partial charge < -0.3 is 25.2 Å². The van der Waals surface area contributed by atoms with Crippen LogP contribution in [0, 0.1) is 0 Å². The van der Waals surface area contributed by atoms with Crippen molar-refractivity contribution in [2.24, 2.45) is 4.99 Å². The topological polar surface area (TPSA) is 78.4 Å². The Hall–Kier alpha value is -1.24. The molecule has 1 saturated heterocycles. The summed E-state index contributed by atoms with van der Waals surface area (Å²) < 4.78 is 34.9. The molecule has 0 spiro atoms. The minimum absolute atomic E-state index is 0. The number of benzene rings is 1. The first-order chi connectivity index (χ1) is 13.4. The maximum atomic E-state index is 12.5. The molecule has 1 aliphatic heterocycles. The number of aliphatic imine (C=N–C) groups is 1. The maximum Gasteiger partial charge on any atom is 0.387 e. The van der Waals surface area contributed by atoms with Crippen LogP contribution in [0.4, 0.5) is 8.78 Å². The van der Waals surface area contributed by atoms with Crippen LogP contribution in [-0.2, 0) is 11.3 Å². The van der Waals surface area contributed by atoms with Gasteiger partial charge in [-0.1, -0.05) is 18.2 Å². The smallest absolute Gasteiger partial charge is 0.387 e. The lowest BCUT2D eigenvalue weighted by Gasteiger charge is -2.34.